The van der Waals surface area contributed by atoms with E-state index in [4.69, 9.17) is 23.2 Å². The van der Waals surface area contributed by atoms with Crippen LogP contribution < -0.4 is 0 Å². The highest BCUT2D eigenvalue weighted by Gasteiger charge is 2.01. The maximum absolute atomic E-state index is 10.2. The number of benzene rings is 1. The number of rotatable bonds is 2. The van der Waals surface area contributed by atoms with Gasteiger partial charge in [-0.1, -0.05) is 24.3 Å². The fourth-order valence-corrected chi connectivity index (χ4v) is 1.01. The van der Waals surface area contributed by atoms with Gasteiger partial charge >= 0.3 is 0 Å². The molecule has 11 heavy (non-hydrogen) atoms. The van der Waals surface area contributed by atoms with Crippen LogP contribution in [0, 0.1) is 0 Å². The first-order valence-electron chi connectivity index (χ1n) is 3.07. The van der Waals surface area contributed by atoms with Gasteiger partial charge in [-0.3, -0.25) is 4.79 Å². The molecule has 0 amide bonds. The Morgan fingerprint density at radius 1 is 1.18 bits per heavy atom. The first-order valence-corrected chi connectivity index (χ1v) is 3.94. The van der Waals surface area contributed by atoms with Crippen molar-refractivity contribution >= 4 is 29.5 Å². The predicted molar refractivity (Wildman–Crippen MR) is 46.3 cm³/mol. The minimum Gasteiger partial charge on any atom is -0.298 e. The molecule has 0 radical (unpaired) electrons. The van der Waals surface area contributed by atoms with E-state index in [-0.39, 0.29) is 0 Å². The van der Waals surface area contributed by atoms with E-state index in [0.29, 0.717) is 5.56 Å². The zero-order valence-corrected chi connectivity index (χ0v) is 7.14. The van der Waals surface area contributed by atoms with Gasteiger partial charge in [0.2, 0.25) is 0 Å². The van der Waals surface area contributed by atoms with E-state index in [1.54, 1.807) is 24.3 Å². The summed E-state index contributed by atoms with van der Waals surface area (Å²) in [5.41, 5.74) is 1.43. The molecule has 0 aliphatic carbocycles. The van der Waals surface area contributed by atoms with Gasteiger partial charge in [0.25, 0.3) is 0 Å². The van der Waals surface area contributed by atoms with E-state index in [1.807, 2.05) is 0 Å². The number of aldehydes is 1. The van der Waals surface area contributed by atoms with Crippen LogP contribution in [0.2, 0.25) is 0 Å². The maximum Gasteiger partial charge on any atom is 0.150 e. The molecule has 0 bridgehead atoms. The molecular formula is C8H6Cl2O. The molecule has 0 fully saturated rings. The lowest BCUT2D eigenvalue weighted by molar-refractivity contribution is 0.112. The highest BCUT2D eigenvalue weighted by atomic mass is 35.5. The highest BCUT2D eigenvalue weighted by Crippen LogP contribution is 2.23. The van der Waals surface area contributed by atoms with Gasteiger partial charge in [-0.2, -0.15) is 0 Å². The predicted octanol–water partition coefficient (Wildman–Crippen LogP) is 2.98. The molecule has 0 aliphatic rings. The molecule has 1 aromatic rings. The Bertz CT molecular complexity index is 241. The van der Waals surface area contributed by atoms with Crippen LogP contribution in [-0.2, 0) is 0 Å². The van der Waals surface area contributed by atoms with E-state index in [0.717, 1.165) is 11.8 Å². The molecule has 0 atom stereocenters. The van der Waals surface area contributed by atoms with Crippen LogP contribution in [-0.4, -0.2) is 6.29 Å². The van der Waals surface area contributed by atoms with Gasteiger partial charge in [0.15, 0.2) is 0 Å². The summed E-state index contributed by atoms with van der Waals surface area (Å²) in [4.78, 5) is 9.70. The zero-order chi connectivity index (χ0) is 8.27. The number of hydrogen-bond acceptors (Lipinski definition) is 1. The van der Waals surface area contributed by atoms with Crippen molar-refractivity contribution in [2.75, 3.05) is 0 Å². The van der Waals surface area contributed by atoms with Crippen molar-refractivity contribution in [2.45, 2.75) is 4.84 Å². The highest BCUT2D eigenvalue weighted by molar-refractivity contribution is 6.44. The monoisotopic (exact) mass is 188 g/mol. The Morgan fingerprint density at radius 3 is 2.09 bits per heavy atom. The minimum absolute atomic E-state index is 0.518. The van der Waals surface area contributed by atoms with E-state index < -0.39 is 4.84 Å². The average Bonchev–Trinajstić information content (AvgIpc) is 2.05. The summed E-state index contributed by atoms with van der Waals surface area (Å²) in [6, 6.07) is 6.82. The molecule has 1 nitrogen and oxygen atoms in total. The molecule has 0 saturated carbocycles. The fourth-order valence-electron chi connectivity index (χ4n) is 0.720. The van der Waals surface area contributed by atoms with Crippen LogP contribution in [0.25, 0.3) is 0 Å². The SMILES string of the molecule is O=Cc1ccc(C(Cl)Cl)cc1. The van der Waals surface area contributed by atoms with Crippen LogP contribution in [0.3, 0.4) is 0 Å². The van der Waals surface area contributed by atoms with Gasteiger partial charge in [-0.15, -0.1) is 23.2 Å². The lowest BCUT2D eigenvalue weighted by Gasteiger charge is -1.99. The summed E-state index contributed by atoms with van der Waals surface area (Å²) in [5, 5.41) is 0. The number of hydrogen-bond donors (Lipinski definition) is 0. The van der Waals surface area contributed by atoms with Gasteiger partial charge in [0, 0.05) is 5.56 Å². The molecule has 0 aliphatic heterocycles. The molecule has 0 heterocycles. The second kappa shape index (κ2) is 3.74. The Kier molecular flexibility index (Phi) is 2.92. The third-order valence-corrected chi connectivity index (χ3v) is 1.83. The van der Waals surface area contributed by atoms with Gasteiger partial charge in [-0.25, -0.2) is 0 Å². The summed E-state index contributed by atoms with van der Waals surface area (Å²) >= 11 is 11.2. The molecule has 0 spiro atoms. The van der Waals surface area contributed by atoms with E-state index in [2.05, 4.69) is 0 Å². The van der Waals surface area contributed by atoms with E-state index in [1.165, 1.54) is 0 Å². The molecular weight excluding hydrogens is 183 g/mol. The smallest absolute Gasteiger partial charge is 0.150 e. The molecule has 0 saturated heterocycles. The van der Waals surface area contributed by atoms with Crippen molar-refractivity contribution in [3.63, 3.8) is 0 Å². The van der Waals surface area contributed by atoms with Gasteiger partial charge in [0.1, 0.15) is 11.1 Å². The van der Waals surface area contributed by atoms with Gasteiger partial charge < -0.3 is 0 Å². The standard InChI is InChI=1S/C8H6Cl2O/c9-8(10)7-3-1-6(5-11)2-4-7/h1-5,8H. The number of halogens is 2. The number of carbonyl (C=O) groups excluding carboxylic acids is 1. The second-order valence-electron chi connectivity index (χ2n) is 2.09. The van der Waals surface area contributed by atoms with Crippen molar-refractivity contribution < 1.29 is 4.79 Å². The normalized spacial score (nSPS) is 10.1. The number of alkyl halides is 2. The molecule has 0 unspecified atom stereocenters. The van der Waals surface area contributed by atoms with Crippen molar-refractivity contribution in [1.82, 2.24) is 0 Å². The van der Waals surface area contributed by atoms with Crippen LogP contribution >= 0.6 is 23.2 Å². The first kappa shape index (κ1) is 8.57. The molecule has 58 valence electrons. The third kappa shape index (κ3) is 2.21. The first-order chi connectivity index (χ1) is 5.24. The Morgan fingerprint density at radius 2 is 1.73 bits per heavy atom. The maximum atomic E-state index is 10.2. The lowest BCUT2D eigenvalue weighted by Crippen LogP contribution is -1.83. The Labute approximate surface area is 74.9 Å². The topological polar surface area (TPSA) is 17.1 Å². The van der Waals surface area contributed by atoms with Crippen molar-refractivity contribution in [3.8, 4) is 0 Å². The molecule has 1 rings (SSSR count). The van der Waals surface area contributed by atoms with E-state index >= 15 is 0 Å². The quantitative estimate of drug-likeness (QED) is 0.516. The number of carbonyl (C=O) groups is 1. The minimum atomic E-state index is -0.518. The Balaban J connectivity index is 2.91. The fraction of sp³-hybridized carbons (Fsp3) is 0.125. The van der Waals surface area contributed by atoms with E-state index in [9.17, 15) is 4.79 Å². The van der Waals surface area contributed by atoms with Crippen LogP contribution in [0.15, 0.2) is 24.3 Å². The van der Waals surface area contributed by atoms with Crippen molar-refractivity contribution in [2.24, 2.45) is 0 Å². The summed E-state index contributed by atoms with van der Waals surface area (Å²) in [5.74, 6) is 0. The van der Waals surface area contributed by atoms with Crippen molar-refractivity contribution in [1.29, 1.82) is 0 Å². The van der Waals surface area contributed by atoms with Crippen LogP contribution in [0.4, 0.5) is 0 Å². The molecule has 0 aromatic heterocycles. The second-order valence-corrected chi connectivity index (χ2v) is 3.18. The van der Waals surface area contributed by atoms with Gasteiger partial charge in [-0.05, 0) is 5.56 Å². The summed E-state index contributed by atoms with van der Waals surface area (Å²) in [6.07, 6.45) is 0.779. The third-order valence-electron chi connectivity index (χ3n) is 1.32. The van der Waals surface area contributed by atoms with Crippen LogP contribution in [0.1, 0.15) is 20.8 Å². The zero-order valence-electron chi connectivity index (χ0n) is 5.63. The Hall–Kier alpha value is -0.530. The molecule has 0 N–H and O–H groups in total. The summed E-state index contributed by atoms with van der Waals surface area (Å²) in [6.45, 7) is 0. The molecule has 1 aromatic carbocycles. The summed E-state index contributed by atoms with van der Waals surface area (Å²) < 4.78 is 0. The molecule has 3 heteroatoms. The van der Waals surface area contributed by atoms with Gasteiger partial charge in [0.05, 0.1) is 0 Å². The lowest BCUT2D eigenvalue weighted by atomic mass is 10.2. The summed E-state index contributed by atoms with van der Waals surface area (Å²) in [7, 11) is 0. The van der Waals surface area contributed by atoms with Crippen molar-refractivity contribution in [3.05, 3.63) is 35.4 Å². The largest absolute Gasteiger partial charge is 0.298 e. The average molecular weight is 189 g/mol. The van der Waals surface area contributed by atoms with Crippen LogP contribution in [0.5, 0.6) is 0 Å².